The van der Waals surface area contributed by atoms with Gasteiger partial charge >= 0.3 is 0 Å². The Labute approximate surface area is 314 Å². The highest BCUT2D eigenvalue weighted by Gasteiger charge is 2.22. The molecule has 0 aliphatic heterocycles. The molecule has 7 aromatic carbocycles. The smallest absolute Gasteiger partial charge is 0.164 e. The van der Waals surface area contributed by atoms with Crippen molar-refractivity contribution in [2.75, 3.05) is 0 Å². The molecule has 0 saturated carbocycles. The average molecular weight is 700 g/mol. The molecular weight excluding hydrogens is 663 g/mol. The summed E-state index contributed by atoms with van der Waals surface area (Å²) in [7, 11) is 0. The lowest BCUT2D eigenvalue weighted by atomic mass is 9.86. The fourth-order valence-corrected chi connectivity index (χ4v) is 8.48. The van der Waals surface area contributed by atoms with Crippen LogP contribution in [-0.4, -0.2) is 15.0 Å². The van der Waals surface area contributed by atoms with Crippen molar-refractivity contribution in [2.45, 2.75) is 26.2 Å². The topological polar surface area (TPSA) is 38.7 Å². The number of thiophene rings is 1. The molecule has 254 valence electrons. The Morgan fingerprint density at radius 2 is 0.849 bits per heavy atom. The van der Waals surface area contributed by atoms with Crippen LogP contribution < -0.4 is 0 Å². The molecule has 0 aliphatic carbocycles. The molecule has 0 amide bonds. The van der Waals surface area contributed by atoms with E-state index in [0.717, 1.165) is 22.1 Å². The Kier molecular flexibility index (Phi) is 8.25. The van der Waals surface area contributed by atoms with Gasteiger partial charge in [0, 0.05) is 42.4 Å². The zero-order valence-corrected chi connectivity index (χ0v) is 30.7. The van der Waals surface area contributed by atoms with Crippen LogP contribution in [0.2, 0.25) is 0 Å². The molecule has 9 aromatic rings. The van der Waals surface area contributed by atoms with E-state index in [4.69, 9.17) is 15.0 Å². The van der Waals surface area contributed by atoms with E-state index in [0.29, 0.717) is 17.5 Å². The van der Waals surface area contributed by atoms with Crippen molar-refractivity contribution >= 4 is 31.5 Å². The van der Waals surface area contributed by atoms with E-state index in [1.807, 2.05) is 47.7 Å². The number of hydrogen-bond acceptors (Lipinski definition) is 4. The molecule has 0 N–H and O–H groups in total. The molecule has 4 heteroatoms. The van der Waals surface area contributed by atoms with Crippen LogP contribution in [0.3, 0.4) is 0 Å². The molecule has 0 aliphatic rings. The molecular formula is C49H37N3S. The molecule has 0 radical (unpaired) electrons. The first kappa shape index (κ1) is 32.7. The van der Waals surface area contributed by atoms with Gasteiger partial charge in [-0.2, -0.15) is 0 Å². The van der Waals surface area contributed by atoms with Crippen molar-refractivity contribution in [1.82, 2.24) is 15.0 Å². The van der Waals surface area contributed by atoms with Gasteiger partial charge < -0.3 is 0 Å². The Morgan fingerprint density at radius 3 is 1.40 bits per heavy atom. The van der Waals surface area contributed by atoms with Crippen molar-refractivity contribution in [3.8, 4) is 67.5 Å². The third-order valence-corrected chi connectivity index (χ3v) is 11.2. The number of fused-ring (bicyclic) bond motifs is 3. The third-order valence-electron chi connectivity index (χ3n) is 9.91. The number of nitrogens with zero attached hydrogens (tertiary/aromatic N) is 3. The predicted molar refractivity (Wildman–Crippen MR) is 224 cm³/mol. The van der Waals surface area contributed by atoms with E-state index in [9.17, 15) is 0 Å². The highest BCUT2D eigenvalue weighted by atomic mass is 32.1. The maximum atomic E-state index is 5.22. The zero-order chi connectivity index (χ0) is 35.9. The molecule has 3 nitrogen and oxygen atoms in total. The third kappa shape index (κ3) is 6.22. The minimum Gasteiger partial charge on any atom is -0.208 e. The predicted octanol–water partition coefficient (Wildman–Crippen LogP) is 13.5. The Balaban J connectivity index is 1.38. The minimum absolute atomic E-state index is 0.0688. The van der Waals surface area contributed by atoms with E-state index in [-0.39, 0.29) is 5.41 Å². The van der Waals surface area contributed by atoms with Crippen molar-refractivity contribution in [1.29, 1.82) is 0 Å². The Morgan fingerprint density at radius 1 is 0.377 bits per heavy atom. The summed E-state index contributed by atoms with van der Waals surface area (Å²) in [5.74, 6) is 1.96. The molecule has 0 spiro atoms. The number of rotatable bonds is 6. The van der Waals surface area contributed by atoms with Crippen molar-refractivity contribution < 1.29 is 0 Å². The van der Waals surface area contributed by atoms with E-state index in [1.165, 1.54) is 53.7 Å². The average Bonchev–Trinajstić information content (AvgIpc) is 3.61. The first-order chi connectivity index (χ1) is 25.9. The van der Waals surface area contributed by atoms with Gasteiger partial charge in [0.05, 0.1) is 0 Å². The first-order valence-electron chi connectivity index (χ1n) is 18.0. The van der Waals surface area contributed by atoms with Crippen molar-refractivity contribution in [3.05, 3.63) is 175 Å². The molecule has 2 heterocycles. The summed E-state index contributed by atoms with van der Waals surface area (Å²) < 4.78 is 2.46. The molecule has 9 rings (SSSR count). The summed E-state index contributed by atoms with van der Waals surface area (Å²) >= 11 is 1.86. The Hall–Kier alpha value is -6.23. The summed E-state index contributed by atoms with van der Waals surface area (Å²) in [6, 6.07) is 60.1. The largest absolute Gasteiger partial charge is 0.208 e. The van der Waals surface area contributed by atoms with Crippen LogP contribution in [0.5, 0.6) is 0 Å². The molecule has 2 aromatic heterocycles. The second-order valence-corrected chi connectivity index (χ2v) is 15.5. The lowest BCUT2D eigenvalue weighted by Crippen LogP contribution is -2.10. The monoisotopic (exact) mass is 699 g/mol. The summed E-state index contributed by atoms with van der Waals surface area (Å²) in [5.41, 5.74) is 11.4. The summed E-state index contributed by atoms with van der Waals surface area (Å²) in [5, 5.41) is 2.35. The zero-order valence-electron chi connectivity index (χ0n) is 29.9. The molecule has 0 unspecified atom stereocenters. The molecule has 53 heavy (non-hydrogen) atoms. The quantitative estimate of drug-likeness (QED) is 0.173. The fraction of sp³-hybridized carbons (Fsp3) is 0.0816. The van der Waals surface area contributed by atoms with E-state index < -0.39 is 0 Å². The molecule has 0 bridgehead atoms. The van der Waals surface area contributed by atoms with Gasteiger partial charge in [-0.3, -0.25) is 0 Å². The van der Waals surface area contributed by atoms with E-state index in [2.05, 4.69) is 154 Å². The molecule has 0 saturated heterocycles. The number of aromatic nitrogens is 3. The summed E-state index contributed by atoms with van der Waals surface area (Å²) in [6.07, 6.45) is 0. The van der Waals surface area contributed by atoms with Gasteiger partial charge in [-0.15, -0.1) is 11.3 Å². The van der Waals surface area contributed by atoms with Gasteiger partial charge in [0.15, 0.2) is 17.5 Å². The van der Waals surface area contributed by atoms with Crippen LogP contribution in [-0.2, 0) is 5.41 Å². The van der Waals surface area contributed by atoms with Crippen molar-refractivity contribution in [3.63, 3.8) is 0 Å². The van der Waals surface area contributed by atoms with Crippen LogP contribution in [0.15, 0.2) is 170 Å². The SMILES string of the molecule is CC(C)(C)c1ccc(-c2ccc(-c3nc(-c4ccccc4)nc(-c4ccccc4)n3)c3c2sc2c(-c4ccccc4)cc(-c4ccccc4)cc23)cc1. The van der Waals surface area contributed by atoms with Gasteiger partial charge in [0.25, 0.3) is 0 Å². The van der Waals surface area contributed by atoms with E-state index in [1.54, 1.807) is 0 Å². The normalized spacial score (nSPS) is 11.7. The second-order valence-electron chi connectivity index (χ2n) is 14.5. The molecule has 0 atom stereocenters. The Bertz CT molecular complexity index is 2660. The van der Waals surface area contributed by atoms with Crippen LogP contribution in [0.1, 0.15) is 26.3 Å². The lowest BCUT2D eigenvalue weighted by molar-refractivity contribution is 0.590. The second kappa shape index (κ2) is 13.4. The maximum absolute atomic E-state index is 5.22. The first-order valence-corrected chi connectivity index (χ1v) is 18.8. The van der Waals surface area contributed by atoms with Crippen molar-refractivity contribution in [2.24, 2.45) is 0 Å². The highest BCUT2D eigenvalue weighted by Crippen LogP contribution is 2.49. The fourth-order valence-electron chi connectivity index (χ4n) is 7.10. The lowest BCUT2D eigenvalue weighted by Gasteiger charge is -2.19. The molecule has 0 fully saturated rings. The number of benzene rings is 7. The summed E-state index contributed by atoms with van der Waals surface area (Å²) in [6.45, 7) is 6.79. The van der Waals surface area contributed by atoms with Gasteiger partial charge in [0.1, 0.15) is 0 Å². The standard InChI is InChI=1S/C49H37N3S/c1-49(2,3)38-26-24-34(25-27-38)39-28-29-40(48-51-46(35-20-12-6-13-21-35)50-47(52-48)36-22-14-7-15-23-36)43-42-31-37(32-16-8-4-9-17-32)30-41(44(42)53-45(39)43)33-18-10-5-11-19-33/h4-31H,1-3H3. The number of hydrogen-bond donors (Lipinski definition) is 0. The van der Waals surface area contributed by atoms with Crippen LogP contribution in [0, 0.1) is 0 Å². The summed E-state index contributed by atoms with van der Waals surface area (Å²) in [4.78, 5) is 15.5. The minimum atomic E-state index is 0.0688. The van der Waals surface area contributed by atoms with Crippen LogP contribution >= 0.6 is 11.3 Å². The van der Waals surface area contributed by atoms with Gasteiger partial charge in [0.2, 0.25) is 0 Å². The van der Waals surface area contributed by atoms with Crippen LogP contribution in [0.25, 0.3) is 87.7 Å². The maximum Gasteiger partial charge on any atom is 0.164 e. The van der Waals surface area contributed by atoms with E-state index >= 15 is 0 Å². The van der Waals surface area contributed by atoms with Gasteiger partial charge in [-0.05, 0) is 57.0 Å². The van der Waals surface area contributed by atoms with Gasteiger partial charge in [-0.25, -0.2) is 15.0 Å². The van der Waals surface area contributed by atoms with Crippen LogP contribution in [0.4, 0.5) is 0 Å². The van der Waals surface area contributed by atoms with Gasteiger partial charge in [-0.1, -0.05) is 172 Å². The highest BCUT2D eigenvalue weighted by molar-refractivity contribution is 7.27.